The number of aromatic hydroxyl groups is 3. The van der Waals surface area contributed by atoms with Crippen molar-refractivity contribution in [3.05, 3.63) is 117 Å². The predicted molar refractivity (Wildman–Crippen MR) is 349 cm³/mol. The highest BCUT2D eigenvalue weighted by Crippen LogP contribution is 2.50. The Hall–Kier alpha value is -9.20. The van der Waals surface area contributed by atoms with Crippen molar-refractivity contribution in [1.82, 2.24) is 37.2 Å². The first kappa shape index (κ1) is 59.5. The molecule has 21 N–H and O–H groups in total. The van der Waals surface area contributed by atoms with E-state index in [1.807, 2.05) is 5.32 Å². The van der Waals surface area contributed by atoms with Crippen LogP contribution in [0.2, 0.25) is 10.0 Å². The first-order chi connectivity index (χ1) is 52.4. The van der Waals surface area contributed by atoms with Crippen LogP contribution in [0.5, 0.6) is 46.0 Å². The normalized spacial score (nSPS) is 32.5. The number of nitrogens with one attached hydrogen (secondary N) is 7. The number of hydrogen-bond acceptors (Lipinski definition) is 25. The number of aliphatic carboxylic acids is 1. The van der Waals surface area contributed by atoms with Crippen LogP contribution in [0, 0.1) is 5.89 Å². The van der Waals surface area contributed by atoms with Gasteiger partial charge in [-0.25, -0.2) is 4.79 Å². The Morgan fingerprint density at radius 3 is 2.00 bits per heavy atom. The molecular weight excluding hydrogens is 1370 g/mol. The number of carbonyl (C=O) groups excluding carboxylic acids is 7. The van der Waals surface area contributed by atoms with Gasteiger partial charge < -0.3 is 128 Å². The molecule has 12 rings (SSSR count). The molecule has 101 heavy (non-hydrogen) atoms. The van der Waals surface area contributed by atoms with Gasteiger partial charge in [0.2, 0.25) is 53.4 Å². The van der Waals surface area contributed by atoms with Gasteiger partial charge in [-0.05, 0) is 110 Å². The number of benzene rings is 5. The van der Waals surface area contributed by atoms with E-state index in [1.165, 1.54) is 19.2 Å². The topological polar surface area (TPSA) is 530 Å². The van der Waals surface area contributed by atoms with Crippen molar-refractivity contribution in [2.45, 2.75) is 156 Å². The van der Waals surface area contributed by atoms with E-state index in [-0.39, 0.29) is 12.0 Å². The van der Waals surface area contributed by atoms with Crippen molar-refractivity contribution in [3.63, 3.8) is 0 Å². The molecule has 2 saturated heterocycles. The van der Waals surface area contributed by atoms with Crippen molar-refractivity contribution in [1.29, 1.82) is 0 Å². The van der Waals surface area contributed by atoms with Crippen LogP contribution in [0.3, 0.4) is 0 Å². The molecular formula is C66H75Cl2N9O24. The highest BCUT2D eigenvalue weighted by molar-refractivity contribution is 6.32. The summed E-state index contributed by atoms with van der Waals surface area (Å²) in [5.74, 6) is -24.5. The lowest BCUT2D eigenvalue weighted by atomic mass is 9.86. The van der Waals surface area contributed by atoms with Crippen molar-refractivity contribution >= 4 is 70.5 Å². The van der Waals surface area contributed by atoms with E-state index < -0.39 is 292 Å². The fraction of sp³-hybridized carbons (Fsp3) is 0.424. The molecule has 7 aliphatic heterocycles. The van der Waals surface area contributed by atoms with Gasteiger partial charge in [0, 0.05) is 49.8 Å². The molecule has 33 nitrogen and oxygen atoms in total. The Morgan fingerprint density at radius 1 is 0.762 bits per heavy atom. The fourth-order valence-corrected chi connectivity index (χ4v) is 12.4. The number of carbonyl (C=O) groups is 8. The average molecular weight is 1460 g/mol. The average Bonchev–Trinajstić information content (AvgIpc) is 0.712. The van der Waals surface area contributed by atoms with Crippen LogP contribution in [0.4, 0.5) is 0 Å². The number of ether oxygens (including phenoxy) is 6. The smallest absolute Gasteiger partial charge is 0.330 e. The molecule has 2 fully saturated rings. The van der Waals surface area contributed by atoms with E-state index in [4.69, 9.17) is 78.2 Å². The summed E-state index contributed by atoms with van der Waals surface area (Å²) in [7, 11) is 0. The largest absolute Gasteiger partial charge is 0.508 e. The highest BCUT2D eigenvalue weighted by Gasteiger charge is 2.51. The second-order valence-corrected chi connectivity index (χ2v) is 25.1. The lowest BCUT2D eigenvalue weighted by Crippen LogP contribution is -2.64. The van der Waals surface area contributed by atoms with Gasteiger partial charge in [0.05, 0.1) is 42.7 Å². The zero-order valence-electron chi connectivity index (χ0n) is 64.5. The maximum absolute atomic E-state index is 16.1. The number of phenolic OH excluding ortho intramolecular Hbond substituents is 3. The van der Waals surface area contributed by atoms with E-state index in [1.54, 1.807) is 5.32 Å². The monoisotopic (exact) mass is 1460 g/mol. The Bertz CT molecular complexity index is 4600. The Morgan fingerprint density at radius 2 is 1.40 bits per heavy atom. The molecule has 19 atom stereocenters. The minimum atomic E-state index is -4.56. The minimum absolute atomic E-state index is 0.333. The van der Waals surface area contributed by atoms with Crippen molar-refractivity contribution in [2.75, 3.05) is 13.6 Å². The third-order valence-electron chi connectivity index (χ3n) is 17.0. The number of carboxylic acid groups (broad SMARTS) is 1. The number of hydrogen-bond donors (Lipinski definition) is 19. The number of nitrogens with two attached hydrogens (primary N) is 2. The summed E-state index contributed by atoms with van der Waals surface area (Å²) in [5, 5.41) is 127. The van der Waals surface area contributed by atoms with Gasteiger partial charge in [0.25, 0.3) is 0 Å². The van der Waals surface area contributed by atoms with Gasteiger partial charge >= 0.3 is 5.97 Å². The molecule has 5 aromatic rings. The molecule has 0 aromatic heterocycles. The summed E-state index contributed by atoms with van der Waals surface area (Å²) in [6.07, 6.45) is -25.4. The number of aliphatic hydroxyl groups excluding tert-OH is 6. The number of likely N-dealkylation sites (N-methyl/N-ethyl adjacent to an activating group) is 1. The zero-order chi connectivity index (χ0) is 83.8. The number of rotatable bonds is 13. The van der Waals surface area contributed by atoms with Gasteiger partial charge in [0.1, 0.15) is 89.5 Å². The Kier molecular flexibility index (Phi) is 17.8. The lowest BCUT2D eigenvalue weighted by molar-refractivity contribution is -0.333. The number of primary amides is 1. The van der Waals surface area contributed by atoms with Gasteiger partial charge in [-0.2, -0.15) is 0 Å². The Balaban J connectivity index is 1.25. The maximum atomic E-state index is 16.1. The molecule has 7 heterocycles. The summed E-state index contributed by atoms with van der Waals surface area (Å²) < 4.78 is 138. The van der Waals surface area contributed by atoms with Crippen LogP contribution in [-0.2, 0) is 52.6 Å². The second-order valence-electron chi connectivity index (χ2n) is 24.2. The predicted octanol–water partition coefficient (Wildman–Crippen LogP) is 0.106. The van der Waals surface area contributed by atoms with Crippen molar-refractivity contribution in [2.24, 2.45) is 17.4 Å². The van der Waals surface area contributed by atoms with Crippen LogP contribution in [0.15, 0.2) is 78.9 Å². The van der Waals surface area contributed by atoms with Crippen LogP contribution < -0.4 is 62.9 Å². The number of phenols is 3. The molecule has 35 heteroatoms. The first-order valence-corrected chi connectivity index (χ1v) is 31.1. The summed E-state index contributed by atoms with van der Waals surface area (Å²) in [4.78, 5) is 119. The van der Waals surface area contributed by atoms with Crippen LogP contribution >= 0.6 is 23.2 Å². The lowest BCUT2D eigenvalue weighted by Gasteiger charge is -2.47. The molecule has 3 unspecified atom stereocenters. The molecule has 7 amide bonds. The van der Waals surface area contributed by atoms with E-state index in [0.717, 1.165) is 72.8 Å². The first-order valence-electron chi connectivity index (χ1n) is 36.5. The minimum Gasteiger partial charge on any atom is -0.508 e. The summed E-state index contributed by atoms with van der Waals surface area (Å²) in [5.41, 5.74) is 6.70. The third-order valence-corrected chi connectivity index (χ3v) is 17.6. The summed E-state index contributed by atoms with van der Waals surface area (Å²) in [6.45, 7) is -9.46. The van der Waals surface area contributed by atoms with Crippen molar-refractivity contribution < 1.29 is 134 Å². The van der Waals surface area contributed by atoms with Crippen LogP contribution in [0.1, 0.15) is 121 Å². The number of carboxylic acids is 1. The van der Waals surface area contributed by atoms with Gasteiger partial charge in [-0.15, -0.1) is 0 Å². The summed E-state index contributed by atoms with van der Waals surface area (Å²) >= 11 is 14.0. The molecule has 0 aliphatic carbocycles. The Labute approximate surface area is 601 Å². The van der Waals surface area contributed by atoms with E-state index >= 15 is 19.2 Å². The quantitative estimate of drug-likeness (QED) is 0.0743. The van der Waals surface area contributed by atoms with Gasteiger partial charge in [-0.3, -0.25) is 33.6 Å². The van der Waals surface area contributed by atoms with E-state index in [9.17, 15) is 71.6 Å². The second kappa shape index (κ2) is 30.2. The molecule has 5 aromatic carbocycles. The third kappa shape index (κ3) is 15.8. The molecule has 7 aliphatic rings. The standard InChI is InChI=1S/C66H75Cl2N9O24/c1-23(2)12-34(71-5)58(88)76-49-51(83)26-7-10-38(32(67)14-26)97-40-16-28-17-41(55(40)101-65-56(54(86)53(85)42(22-78)99-65)100-44-21-66(4,70)57(87)24(3)96-44)98-39-11-8-27(15-33(39)68)52(84)50-63(93)75-48(64(94)95)31-18-29(79)19-37(81)45(31)30-13-25(6-9-36(30)80)46(60(90)77-50)74-61(91)47(28)73-59(89)35(20-43(69)82)72-62(49)92/h6-11,13-19,23-24,34-35,42,44,46-54,56-57,65,71,78-81,83-87H,12,20-22,70H2,1-5H3,(H2,69,82)(H,72,92)(H,73,89)(H,74,91)(H,75,93)(H,76,88)(H,77,90)(H,94,95)/t24-,34?,35-,42+,44-,46+,47+,48?,49+,50-,51+,52+,53+,54-,56+,57+,65-,66-/m0/s1/i1D2,2D3,5D3,12D2,23D,34D/t23?,24-,34?,35-,42+,44-,46+,47+,48?,49+,50-,51+,52+,53+,54-,56+,57+,65-,66-. The van der Waals surface area contributed by atoms with Crippen molar-refractivity contribution in [3.8, 4) is 57.1 Å². The van der Waals surface area contributed by atoms with Crippen LogP contribution in [0.25, 0.3) is 11.1 Å². The number of aliphatic hydroxyl groups is 6. The van der Waals surface area contributed by atoms with Crippen LogP contribution in [-0.4, -0.2) is 191 Å². The van der Waals surface area contributed by atoms with Gasteiger partial charge in [0.15, 0.2) is 29.9 Å². The fourth-order valence-electron chi connectivity index (χ4n) is 11.9. The summed E-state index contributed by atoms with van der Waals surface area (Å²) in [6, 6.07) is -7.97. The highest BCUT2D eigenvalue weighted by atomic mass is 35.5. The molecule has 11 bridgehead atoms. The zero-order valence-corrected chi connectivity index (χ0v) is 54.1. The molecule has 542 valence electrons. The number of halogens is 2. The van der Waals surface area contributed by atoms with E-state index in [0.29, 0.717) is 6.07 Å². The maximum Gasteiger partial charge on any atom is 0.330 e. The molecule has 0 saturated carbocycles. The van der Waals surface area contributed by atoms with E-state index in [2.05, 4.69) is 21.3 Å². The van der Waals surface area contributed by atoms with Gasteiger partial charge in [-0.1, -0.05) is 55.1 Å². The SMILES string of the molecule is [2H]C([2H])C([2H])(C([2H])([2H])[2H])C([2H])([2H])C([2H])(NC([2H])([2H])[2H])C(=O)N[C@H]1C(=O)N[C@@H](CC(N)=O)C(=O)N[C@H]2C(=O)N[C@H]3C(=O)N[C@H](C(=O)NC(C(=O)O)c4cc(O)cc(O)c4-c4cc3ccc4O)[C@H](O)c3ccc(c(Cl)c3)Oc3cc2cc(c3O[C@@H]2O[C@H](CO)[C@@H](O)[C@H](O)[C@H]2O[C@H]2C[C@](C)(N)[C@H](O)[C@H](C)O2)Oc2ccc(cc2Cl)[C@H]1O. The molecule has 0 spiro atoms. The number of fused-ring (bicyclic) bond motifs is 15. The number of amides is 7. The molecule has 0 radical (unpaired) electrons.